The van der Waals surface area contributed by atoms with Crippen molar-refractivity contribution >= 4 is 0 Å². The zero-order valence-electron chi connectivity index (χ0n) is 9.92. The first-order chi connectivity index (χ1) is 9.24. The third kappa shape index (κ3) is 2.25. The second kappa shape index (κ2) is 4.65. The fraction of sp³-hybridized carbons (Fsp3) is 0. The summed E-state index contributed by atoms with van der Waals surface area (Å²) in [6.45, 7) is 0. The molecule has 4 heteroatoms. The van der Waals surface area contributed by atoms with Crippen LogP contribution >= 0.6 is 0 Å². The van der Waals surface area contributed by atoms with Crippen molar-refractivity contribution in [3.05, 3.63) is 72.4 Å². The van der Waals surface area contributed by atoms with E-state index in [0.29, 0.717) is 5.69 Å². The number of halogens is 2. The van der Waals surface area contributed by atoms with Gasteiger partial charge in [-0.2, -0.15) is 5.10 Å². The van der Waals surface area contributed by atoms with E-state index < -0.39 is 11.6 Å². The summed E-state index contributed by atoms with van der Waals surface area (Å²) in [7, 11) is 0. The fourth-order valence-corrected chi connectivity index (χ4v) is 1.88. The van der Waals surface area contributed by atoms with E-state index >= 15 is 0 Å². The highest BCUT2D eigenvalue weighted by atomic mass is 19.1. The largest absolute Gasteiger partial charge is 0.237 e. The standard InChI is InChI=1S/C15H10F2N2/c16-12-6-7-13(17)15(10-12)19-9-8-14(18-19)11-4-2-1-3-5-11/h1-10H. The zero-order valence-corrected chi connectivity index (χ0v) is 9.92. The molecule has 2 aromatic carbocycles. The summed E-state index contributed by atoms with van der Waals surface area (Å²) in [6.07, 6.45) is 1.61. The summed E-state index contributed by atoms with van der Waals surface area (Å²) in [5, 5.41) is 4.26. The van der Waals surface area contributed by atoms with Crippen LogP contribution in [0.2, 0.25) is 0 Å². The molecule has 0 N–H and O–H groups in total. The molecule has 0 aliphatic carbocycles. The molecule has 0 fully saturated rings. The van der Waals surface area contributed by atoms with Crippen molar-refractivity contribution in [2.24, 2.45) is 0 Å². The molecule has 0 spiro atoms. The molecule has 0 bridgehead atoms. The minimum absolute atomic E-state index is 0.0992. The van der Waals surface area contributed by atoms with Gasteiger partial charge in [-0.1, -0.05) is 30.3 Å². The van der Waals surface area contributed by atoms with Crippen LogP contribution in [-0.2, 0) is 0 Å². The molecule has 3 aromatic rings. The van der Waals surface area contributed by atoms with Crippen molar-refractivity contribution in [3.63, 3.8) is 0 Å². The van der Waals surface area contributed by atoms with E-state index in [2.05, 4.69) is 5.10 Å². The summed E-state index contributed by atoms with van der Waals surface area (Å²) in [6, 6.07) is 14.6. The van der Waals surface area contributed by atoms with E-state index in [1.807, 2.05) is 30.3 Å². The second-order valence-corrected chi connectivity index (χ2v) is 4.11. The van der Waals surface area contributed by atoms with Crippen molar-refractivity contribution < 1.29 is 8.78 Å². The van der Waals surface area contributed by atoms with Crippen molar-refractivity contribution in [1.82, 2.24) is 9.78 Å². The molecule has 2 nitrogen and oxygen atoms in total. The van der Waals surface area contributed by atoms with Gasteiger partial charge in [0.05, 0.1) is 5.69 Å². The molecule has 19 heavy (non-hydrogen) atoms. The van der Waals surface area contributed by atoms with Crippen LogP contribution in [0.15, 0.2) is 60.8 Å². The highest BCUT2D eigenvalue weighted by molar-refractivity contribution is 5.58. The molecular formula is C15H10F2N2. The first-order valence-electron chi connectivity index (χ1n) is 5.80. The third-order valence-electron chi connectivity index (χ3n) is 2.81. The van der Waals surface area contributed by atoms with E-state index in [1.165, 1.54) is 4.68 Å². The monoisotopic (exact) mass is 256 g/mol. The Balaban J connectivity index is 2.04. The van der Waals surface area contributed by atoms with E-state index in [0.717, 1.165) is 23.8 Å². The van der Waals surface area contributed by atoms with Crippen LogP contribution in [0.25, 0.3) is 16.9 Å². The van der Waals surface area contributed by atoms with E-state index in [4.69, 9.17) is 0 Å². The molecule has 3 rings (SSSR count). The fourth-order valence-electron chi connectivity index (χ4n) is 1.88. The SMILES string of the molecule is Fc1ccc(F)c(-n2ccc(-c3ccccc3)n2)c1. The Hall–Kier alpha value is -2.49. The van der Waals surface area contributed by atoms with Crippen LogP contribution in [-0.4, -0.2) is 9.78 Å². The average molecular weight is 256 g/mol. The maximum Gasteiger partial charge on any atom is 0.149 e. The Kier molecular flexibility index (Phi) is 2.83. The number of nitrogens with zero attached hydrogens (tertiary/aromatic N) is 2. The molecule has 0 aliphatic heterocycles. The molecule has 1 aromatic heterocycles. The topological polar surface area (TPSA) is 17.8 Å². The second-order valence-electron chi connectivity index (χ2n) is 4.11. The minimum atomic E-state index is -0.510. The molecule has 0 unspecified atom stereocenters. The Bertz CT molecular complexity index is 705. The van der Waals surface area contributed by atoms with Gasteiger partial charge in [0.25, 0.3) is 0 Å². The number of hydrogen-bond donors (Lipinski definition) is 0. The minimum Gasteiger partial charge on any atom is -0.237 e. The molecule has 0 saturated carbocycles. The van der Waals surface area contributed by atoms with Gasteiger partial charge in [-0.3, -0.25) is 0 Å². The van der Waals surface area contributed by atoms with Gasteiger partial charge < -0.3 is 0 Å². The predicted octanol–water partition coefficient (Wildman–Crippen LogP) is 3.82. The molecule has 94 valence electrons. The molecule has 0 amide bonds. The number of aromatic nitrogens is 2. The Labute approximate surface area is 108 Å². The lowest BCUT2D eigenvalue weighted by Gasteiger charge is -2.03. The molecule has 0 atom stereocenters. The highest BCUT2D eigenvalue weighted by Gasteiger charge is 2.08. The summed E-state index contributed by atoms with van der Waals surface area (Å²) < 4.78 is 28.1. The lowest BCUT2D eigenvalue weighted by molar-refractivity contribution is 0.587. The normalized spacial score (nSPS) is 10.6. The van der Waals surface area contributed by atoms with E-state index in [1.54, 1.807) is 12.3 Å². The van der Waals surface area contributed by atoms with Crippen LogP contribution in [0.5, 0.6) is 0 Å². The van der Waals surface area contributed by atoms with Crippen molar-refractivity contribution in [2.75, 3.05) is 0 Å². The summed E-state index contributed by atoms with van der Waals surface area (Å²) >= 11 is 0. The Morgan fingerprint density at radius 2 is 1.68 bits per heavy atom. The van der Waals surface area contributed by atoms with Crippen LogP contribution < -0.4 is 0 Å². The quantitative estimate of drug-likeness (QED) is 0.681. The van der Waals surface area contributed by atoms with E-state index in [-0.39, 0.29) is 5.69 Å². The molecule has 1 heterocycles. The smallest absolute Gasteiger partial charge is 0.149 e. The van der Waals surface area contributed by atoms with Crippen molar-refractivity contribution in [1.29, 1.82) is 0 Å². The van der Waals surface area contributed by atoms with Gasteiger partial charge in [-0.15, -0.1) is 0 Å². The average Bonchev–Trinajstić information content (AvgIpc) is 2.92. The summed E-state index contributed by atoms with van der Waals surface area (Å²) in [5.74, 6) is -1.00. The lowest BCUT2D eigenvalue weighted by atomic mass is 10.2. The first kappa shape index (κ1) is 11.6. The van der Waals surface area contributed by atoms with Gasteiger partial charge in [0.1, 0.15) is 17.3 Å². The maximum absolute atomic E-state index is 13.6. The Morgan fingerprint density at radius 1 is 0.895 bits per heavy atom. The molecule has 0 aliphatic rings. The highest BCUT2D eigenvalue weighted by Crippen LogP contribution is 2.19. The first-order valence-corrected chi connectivity index (χ1v) is 5.80. The van der Waals surface area contributed by atoms with E-state index in [9.17, 15) is 8.78 Å². The van der Waals surface area contributed by atoms with Crippen molar-refractivity contribution in [2.45, 2.75) is 0 Å². The molecule has 0 saturated heterocycles. The number of rotatable bonds is 2. The van der Waals surface area contributed by atoms with Gasteiger partial charge >= 0.3 is 0 Å². The summed E-state index contributed by atoms with van der Waals surface area (Å²) in [4.78, 5) is 0. The van der Waals surface area contributed by atoms with Crippen LogP contribution in [0, 0.1) is 11.6 Å². The lowest BCUT2D eigenvalue weighted by Crippen LogP contribution is -1.99. The molecule has 0 radical (unpaired) electrons. The van der Waals surface area contributed by atoms with Crippen LogP contribution in [0.1, 0.15) is 0 Å². The maximum atomic E-state index is 13.6. The Morgan fingerprint density at radius 3 is 2.47 bits per heavy atom. The predicted molar refractivity (Wildman–Crippen MR) is 68.9 cm³/mol. The number of hydrogen-bond acceptors (Lipinski definition) is 1. The van der Waals surface area contributed by atoms with Crippen molar-refractivity contribution in [3.8, 4) is 16.9 Å². The summed E-state index contributed by atoms with van der Waals surface area (Å²) in [5.41, 5.74) is 1.74. The zero-order chi connectivity index (χ0) is 13.2. The number of benzene rings is 2. The van der Waals surface area contributed by atoms with Gasteiger partial charge in [0, 0.05) is 17.8 Å². The van der Waals surface area contributed by atoms with Gasteiger partial charge in [-0.05, 0) is 18.2 Å². The van der Waals surface area contributed by atoms with Gasteiger partial charge in [0.2, 0.25) is 0 Å². The van der Waals surface area contributed by atoms with Crippen LogP contribution in [0.4, 0.5) is 8.78 Å². The molecular weight excluding hydrogens is 246 g/mol. The van der Waals surface area contributed by atoms with Gasteiger partial charge in [-0.25, -0.2) is 13.5 Å². The van der Waals surface area contributed by atoms with Gasteiger partial charge in [0.15, 0.2) is 0 Å². The van der Waals surface area contributed by atoms with Crippen LogP contribution in [0.3, 0.4) is 0 Å². The third-order valence-corrected chi connectivity index (χ3v) is 2.81.